The van der Waals surface area contributed by atoms with E-state index in [0.29, 0.717) is 5.52 Å². The lowest BCUT2D eigenvalue weighted by Crippen LogP contribution is -2.00. The maximum Gasteiger partial charge on any atom is 0.337 e. The molecule has 0 saturated heterocycles. The van der Waals surface area contributed by atoms with Crippen LogP contribution in [0.25, 0.3) is 16.7 Å². The van der Waals surface area contributed by atoms with Gasteiger partial charge in [0.05, 0.1) is 11.1 Å². The number of fused-ring (bicyclic) bond motifs is 1. The third-order valence-corrected chi connectivity index (χ3v) is 3.56. The van der Waals surface area contributed by atoms with Gasteiger partial charge in [0.15, 0.2) is 0 Å². The lowest BCUT2D eigenvalue weighted by molar-refractivity contribution is 0.0699. The Labute approximate surface area is 122 Å². The van der Waals surface area contributed by atoms with Crippen LogP contribution in [0.15, 0.2) is 42.5 Å². The topological polar surface area (TPSA) is 55.1 Å². The fraction of sp³-hybridized carbons (Fsp3) is 0.176. The Balaban J connectivity index is 2.36. The van der Waals surface area contributed by atoms with Crippen LogP contribution in [0.1, 0.15) is 28.7 Å². The number of aromatic nitrogens is 2. The summed E-state index contributed by atoms with van der Waals surface area (Å²) in [6.45, 7) is 4.06. The molecule has 0 atom stereocenters. The zero-order valence-electron chi connectivity index (χ0n) is 12.0. The van der Waals surface area contributed by atoms with E-state index in [4.69, 9.17) is 0 Å². The summed E-state index contributed by atoms with van der Waals surface area (Å²) in [5, 5.41) is 9.32. The number of rotatable bonds is 3. The fourth-order valence-electron chi connectivity index (χ4n) is 2.61. The Kier molecular flexibility index (Phi) is 3.22. The minimum absolute atomic E-state index is 0.244. The first-order valence-electron chi connectivity index (χ1n) is 6.92. The van der Waals surface area contributed by atoms with E-state index in [2.05, 4.69) is 11.1 Å². The normalized spacial score (nSPS) is 11.0. The molecule has 0 aliphatic rings. The standard InChI is InChI=1S/C17H16N2O2/c1-3-15-18-16-13(17(20)21)8-5-9-14(16)19(15)12-7-4-6-11(2)10-12/h4-10H,3H2,1-2H3,(H,20,21). The molecule has 0 saturated carbocycles. The van der Waals surface area contributed by atoms with Crippen molar-refractivity contribution in [3.05, 3.63) is 59.4 Å². The van der Waals surface area contributed by atoms with Crippen molar-refractivity contribution < 1.29 is 9.90 Å². The zero-order valence-corrected chi connectivity index (χ0v) is 12.0. The van der Waals surface area contributed by atoms with E-state index < -0.39 is 5.97 Å². The van der Waals surface area contributed by atoms with Gasteiger partial charge in [-0.2, -0.15) is 0 Å². The molecule has 1 N–H and O–H groups in total. The third kappa shape index (κ3) is 2.18. The van der Waals surface area contributed by atoms with Gasteiger partial charge < -0.3 is 5.11 Å². The Morgan fingerprint density at radius 1 is 1.24 bits per heavy atom. The molecule has 0 bridgehead atoms. The number of benzene rings is 2. The number of hydrogen-bond acceptors (Lipinski definition) is 2. The molecule has 3 aromatic rings. The van der Waals surface area contributed by atoms with Gasteiger partial charge >= 0.3 is 5.97 Å². The van der Waals surface area contributed by atoms with Crippen molar-refractivity contribution >= 4 is 17.0 Å². The van der Waals surface area contributed by atoms with E-state index in [1.807, 2.05) is 42.7 Å². The van der Waals surface area contributed by atoms with Crippen LogP contribution in [-0.4, -0.2) is 20.6 Å². The highest BCUT2D eigenvalue weighted by atomic mass is 16.4. The highest BCUT2D eigenvalue weighted by Gasteiger charge is 2.16. The quantitative estimate of drug-likeness (QED) is 0.797. The van der Waals surface area contributed by atoms with Crippen LogP contribution >= 0.6 is 0 Å². The molecule has 1 heterocycles. The molecule has 3 rings (SSSR count). The smallest absolute Gasteiger partial charge is 0.337 e. The van der Waals surface area contributed by atoms with Gasteiger partial charge in [-0.25, -0.2) is 9.78 Å². The number of carboxylic acids is 1. The molecule has 0 amide bonds. The van der Waals surface area contributed by atoms with E-state index in [-0.39, 0.29) is 5.56 Å². The molecule has 0 unspecified atom stereocenters. The summed E-state index contributed by atoms with van der Waals surface area (Å²) < 4.78 is 2.04. The summed E-state index contributed by atoms with van der Waals surface area (Å²) in [7, 11) is 0. The fourth-order valence-corrected chi connectivity index (χ4v) is 2.61. The van der Waals surface area contributed by atoms with Crippen LogP contribution in [-0.2, 0) is 6.42 Å². The van der Waals surface area contributed by atoms with E-state index >= 15 is 0 Å². The summed E-state index contributed by atoms with van der Waals surface area (Å²) in [6.07, 6.45) is 0.738. The second kappa shape index (κ2) is 5.05. The number of carbonyl (C=O) groups is 1. The first kappa shape index (κ1) is 13.4. The van der Waals surface area contributed by atoms with Crippen LogP contribution < -0.4 is 0 Å². The predicted octanol–water partition coefficient (Wildman–Crippen LogP) is 3.59. The molecule has 21 heavy (non-hydrogen) atoms. The molecule has 106 valence electrons. The van der Waals surface area contributed by atoms with Gasteiger partial charge in [-0.1, -0.05) is 25.1 Å². The summed E-state index contributed by atoms with van der Waals surface area (Å²) in [5.74, 6) is -0.0820. The van der Waals surface area contributed by atoms with E-state index in [9.17, 15) is 9.90 Å². The zero-order chi connectivity index (χ0) is 15.0. The van der Waals surface area contributed by atoms with Gasteiger partial charge in [-0.15, -0.1) is 0 Å². The molecule has 0 aliphatic heterocycles. The van der Waals surface area contributed by atoms with E-state index in [1.165, 1.54) is 0 Å². The highest BCUT2D eigenvalue weighted by molar-refractivity contribution is 6.01. The minimum Gasteiger partial charge on any atom is -0.478 e. The first-order valence-corrected chi connectivity index (χ1v) is 6.92. The van der Waals surface area contributed by atoms with Crippen LogP contribution in [0.4, 0.5) is 0 Å². The van der Waals surface area contributed by atoms with Crippen molar-refractivity contribution in [1.29, 1.82) is 0 Å². The molecular formula is C17H16N2O2. The summed E-state index contributed by atoms with van der Waals surface area (Å²) in [6, 6.07) is 13.4. The molecule has 0 spiro atoms. The Bertz CT molecular complexity index is 834. The Morgan fingerprint density at radius 3 is 2.67 bits per heavy atom. The molecule has 0 radical (unpaired) electrons. The van der Waals surface area contributed by atoms with Crippen LogP contribution in [0, 0.1) is 6.92 Å². The number of aromatic carboxylic acids is 1. The molecule has 4 nitrogen and oxygen atoms in total. The van der Waals surface area contributed by atoms with Crippen molar-refractivity contribution in [1.82, 2.24) is 9.55 Å². The van der Waals surface area contributed by atoms with Gasteiger partial charge in [0.1, 0.15) is 11.3 Å². The average molecular weight is 280 g/mol. The van der Waals surface area contributed by atoms with Crippen molar-refractivity contribution in [2.24, 2.45) is 0 Å². The molecular weight excluding hydrogens is 264 g/mol. The number of para-hydroxylation sites is 1. The Morgan fingerprint density at radius 2 is 2.00 bits per heavy atom. The Hall–Kier alpha value is -2.62. The predicted molar refractivity (Wildman–Crippen MR) is 82.1 cm³/mol. The molecule has 2 aromatic carbocycles. The van der Waals surface area contributed by atoms with Crippen molar-refractivity contribution in [2.75, 3.05) is 0 Å². The molecule has 4 heteroatoms. The lowest BCUT2D eigenvalue weighted by Gasteiger charge is -2.09. The van der Waals surface area contributed by atoms with Gasteiger partial charge in [-0.05, 0) is 36.8 Å². The SMILES string of the molecule is CCc1nc2c(C(=O)O)cccc2n1-c1cccc(C)c1. The number of carboxylic acid groups (broad SMARTS) is 1. The van der Waals surface area contributed by atoms with E-state index in [0.717, 1.165) is 29.0 Å². The summed E-state index contributed by atoms with van der Waals surface area (Å²) in [4.78, 5) is 15.9. The maximum absolute atomic E-state index is 11.4. The van der Waals surface area contributed by atoms with Gasteiger partial charge in [-0.3, -0.25) is 4.57 Å². The number of aryl methyl sites for hydroxylation is 2. The van der Waals surface area contributed by atoms with Gasteiger partial charge in [0.25, 0.3) is 0 Å². The third-order valence-electron chi connectivity index (χ3n) is 3.56. The highest BCUT2D eigenvalue weighted by Crippen LogP contribution is 2.25. The van der Waals surface area contributed by atoms with Crippen molar-refractivity contribution in [2.45, 2.75) is 20.3 Å². The number of hydrogen-bond donors (Lipinski definition) is 1. The number of nitrogens with zero attached hydrogens (tertiary/aromatic N) is 2. The second-order valence-electron chi connectivity index (χ2n) is 5.03. The lowest BCUT2D eigenvalue weighted by atomic mass is 10.1. The van der Waals surface area contributed by atoms with Crippen LogP contribution in [0.2, 0.25) is 0 Å². The summed E-state index contributed by atoms with van der Waals surface area (Å²) in [5.41, 5.74) is 3.79. The molecule has 1 aromatic heterocycles. The first-order chi connectivity index (χ1) is 10.1. The average Bonchev–Trinajstić information content (AvgIpc) is 2.85. The minimum atomic E-state index is -0.947. The second-order valence-corrected chi connectivity index (χ2v) is 5.03. The van der Waals surface area contributed by atoms with E-state index in [1.54, 1.807) is 12.1 Å². The summed E-state index contributed by atoms with van der Waals surface area (Å²) >= 11 is 0. The van der Waals surface area contributed by atoms with Gasteiger partial charge in [0, 0.05) is 12.1 Å². The van der Waals surface area contributed by atoms with Crippen molar-refractivity contribution in [3.63, 3.8) is 0 Å². The monoisotopic (exact) mass is 280 g/mol. The van der Waals surface area contributed by atoms with Crippen LogP contribution in [0.3, 0.4) is 0 Å². The molecule has 0 fully saturated rings. The van der Waals surface area contributed by atoms with Crippen LogP contribution in [0.5, 0.6) is 0 Å². The largest absolute Gasteiger partial charge is 0.478 e. The van der Waals surface area contributed by atoms with Crippen molar-refractivity contribution in [3.8, 4) is 5.69 Å². The number of imidazole rings is 1. The van der Waals surface area contributed by atoms with Gasteiger partial charge in [0.2, 0.25) is 0 Å². The molecule has 0 aliphatic carbocycles. The maximum atomic E-state index is 11.4.